The van der Waals surface area contributed by atoms with Crippen LogP contribution in [0.3, 0.4) is 0 Å². The molecule has 2 aromatic carbocycles. The SMILES string of the molecule is CCCC1(OCC(=O)OC(C)C)COc2ccccc2OCCOCCOc2ccccc2OC1. The van der Waals surface area contributed by atoms with Crippen molar-refractivity contribution in [1.82, 2.24) is 0 Å². The molecule has 0 saturated heterocycles. The summed E-state index contributed by atoms with van der Waals surface area (Å²) in [6, 6.07) is 14.9. The van der Waals surface area contributed by atoms with Gasteiger partial charge in [-0.1, -0.05) is 37.6 Å². The first-order chi connectivity index (χ1) is 17.0. The minimum atomic E-state index is -0.912. The van der Waals surface area contributed by atoms with Crippen LogP contribution < -0.4 is 18.9 Å². The van der Waals surface area contributed by atoms with E-state index in [0.29, 0.717) is 55.8 Å². The van der Waals surface area contributed by atoms with Crippen LogP contribution in [-0.4, -0.2) is 63.9 Å². The Labute approximate surface area is 207 Å². The van der Waals surface area contributed by atoms with Gasteiger partial charge in [0.2, 0.25) is 0 Å². The van der Waals surface area contributed by atoms with Crippen molar-refractivity contribution in [1.29, 1.82) is 0 Å². The molecule has 8 nitrogen and oxygen atoms in total. The fourth-order valence-corrected chi connectivity index (χ4v) is 3.63. The molecule has 0 amide bonds. The maximum Gasteiger partial charge on any atom is 0.332 e. The molecule has 1 aliphatic rings. The predicted octanol–water partition coefficient (Wildman–Crippen LogP) is 4.44. The van der Waals surface area contributed by atoms with Gasteiger partial charge in [-0.15, -0.1) is 0 Å². The highest BCUT2D eigenvalue weighted by atomic mass is 16.6. The van der Waals surface area contributed by atoms with E-state index in [1.807, 2.05) is 55.5 Å². The lowest BCUT2D eigenvalue weighted by atomic mass is 9.99. The highest BCUT2D eigenvalue weighted by Crippen LogP contribution is 2.32. The molecule has 0 radical (unpaired) electrons. The van der Waals surface area contributed by atoms with Crippen molar-refractivity contribution >= 4 is 5.97 Å². The summed E-state index contributed by atoms with van der Waals surface area (Å²) in [4.78, 5) is 12.3. The molecular formula is C27H36O8. The van der Waals surface area contributed by atoms with E-state index in [0.717, 1.165) is 6.42 Å². The number of hydrogen-bond acceptors (Lipinski definition) is 8. The summed E-state index contributed by atoms with van der Waals surface area (Å²) in [5.74, 6) is 1.94. The van der Waals surface area contributed by atoms with Gasteiger partial charge in [0.15, 0.2) is 23.0 Å². The van der Waals surface area contributed by atoms with Gasteiger partial charge in [-0.2, -0.15) is 0 Å². The summed E-state index contributed by atoms with van der Waals surface area (Å²) in [6.45, 7) is 7.31. The van der Waals surface area contributed by atoms with Gasteiger partial charge in [-0.3, -0.25) is 0 Å². The molecular weight excluding hydrogens is 452 g/mol. The molecule has 0 bridgehead atoms. The van der Waals surface area contributed by atoms with Gasteiger partial charge in [-0.05, 0) is 44.5 Å². The van der Waals surface area contributed by atoms with Crippen molar-refractivity contribution in [2.24, 2.45) is 0 Å². The zero-order valence-corrected chi connectivity index (χ0v) is 20.8. The fourth-order valence-electron chi connectivity index (χ4n) is 3.63. The maximum atomic E-state index is 12.3. The summed E-state index contributed by atoms with van der Waals surface area (Å²) in [5.41, 5.74) is -0.912. The standard InChI is InChI=1S/C27H36O8/c1-4-13-27(34-18-26(28)35-21(2)3)19-32-24-11-7-5-9-22(24)30-16-14-29-15-17-31-23-10-6-8-12-25(23)33-20-27/h5-12,21H,4,13-20H2,1-3H3. The zero-order chi connectivity index (χ0) is 24.9. The van der Waals surface area contributed by atoms with Crippen molar-refractivity contribution in [3.63, 3.8) is 0 Å². The van der Waals surface area contributed by atoms with Crippen LogP contribution in [0.15, 0.2) is 48.5 Å². The molecule has 0 spiro atoms. The highest BCUT2D eigenvalue weighted by molar-refractivity contribution is 5.70. The van der Waals surface area contributed by atoms with Crippen molar-refractivity contribution in [2.45, 2.75) is 45.3 Å². The molecule has 2 aromatic rings. The van der Waals surface area contributed by atoms with Gasteiger partial charge in [0.05, 0.1) is 19.3 Å². The largest absolute Gasteiger partial charge is 0.487 e. The topological polar surface area (TPSA) is 81.7 Å². The Balaban J connectivity index is 1.86. The number of fused-ring (bicyclic) bond motifs is 2. The van der Waals surface area contributed by atoms with Crippen LogP contribution in [0.4, 0.5) is 0 Å². The van der Waals surface area contributed by atoms with E-state index >= 15 is 0 Å². The third kappa shape index (κ3) is 8.64. The summed E-state index contributed by atoms with van der Waals surface area (Å²) in [7, 11) is 0. The first-order valence-electron chi connectivity index (χ1n) is 12.1. The number of ether oxygens (including phenoxy) is 7. The predicted molar refractivity (Wildman–Crippen MR) is 131 cm³/mol. The first-order valence-corrected chi connectivity index (χ1v) is 12.1. The second-order valence-electron chi connectivity index (χ2n) is 8.54. The molecule has 192 valence electrons. The van der Waals surface area contributed by atoms with E-state index in [4.69, 9.17) is 33.2 Å². The Morgan fingerprint density at radius 1 is 0.829 bits per heavy atom. The molecule has 35 heavy (non-hydrogen) atoms. The lowest BCUT2D eigenvalue weighted by Crippen LogP contribution is -2.46. The summed E-state index contributed by atoms with van der Waals surface area (Å²) in [5, 5.41) is 0. The molecule has 0 saturated carbocycles. The zero-order valence-electron chi connectivity index (χ0n) is 20.8. The van der Waals surface area contributed by atoms with E-state index < -0.39 is 11.6 Å². The van der Waals surface area contributed by atoms with Crippen LogP contribution in [0.5, 0.6) is 23.0 Å². The van der Waals surface area contributed by atoms with Gasteiger partial charge < -0.3 is 33.2 Å². The van der Waals surface area contributed by atoms with Crippen LogP contribution in [0.25, 0.3) is 0 Å². The quantitative estimate of drug-likeness (QED) is 0.552. The average Bonchev–Trinajstić information content (AvgIpc) is 2.84. The number of para-hydroxylation sites is 4. The molecule has 1 heterocycles. The molecule has 8 heteroatoms. The molecule has 3 rings (SSSR count). The minimum Gasteiger partial charge on any atom is -0.487 e. The van der Waals surface area contributed by atoms with Crippen LogP contribution in [-0.2, 0) is 19.0 Å². The van der Waals surface area contributed by atoms with Gasteiger partial charge in [0.25, 0.3) is 0 Å². The van der Waals surface area contributed by atoms with Crippen LogP contribution in [0.2, 0.25) is 0 Å². The minimum absolute atomic E-state index is 0.149. The number of rotatable bonds is 6. The fraction of sp³-hybridized carbons (Fsp3) is 0.519. The van der Waals surface area contributed by atoms with Crippen LogP contribution in [0, 0.1) is 0 Å². The monoisotopic (exact) mass is 488 g/mol. The van der Waals surface area contributed by atoms with Crippen molar-refractivity contribution in [2.75, 3.05) is 46.2 Å². The van der Waals surface area contributed by atoms with Gasteiger partial charge in [-0.25, -0.2) is 4.79 Å². The van der Waals surface area contributed by atoms with Gasteiger partial charge >= 0.3 is 5.97 Å². The molecule has 0 atom stereocenters. The molecule has 0 unspecified atom stereocenters. The van der Waals surface area contributed by atoms with Gasteiger partial charge in [0.1, 0.15) is 38.6 Å². The van der Waals surface area contributed by atoms with E-state index in [-0.39, 0.29) is 25.9 Å². The molecule has 0 aromatic heterocycles. The summed E-state index contributed by atoms with van der Waals surface area (Å²) >= 11 is 0. The Kier molecular flexibility index (Phi) is 10.5. The maximum absolute atomic E-state index is 12.3. The van der Waals surface area contributed by atoms with Crippen molar-refractivity contribution in [3.8, 4) is 23.0 Å². The molecule has 0 aliphatic carbocycles. The summed E-state index contributed by atoms with van der Waals surface area (Å²) < 4.78 is 41.2. The second-order valence-corrected chi connectivity index (χ2v) is 8.54. The lowest BCUT2D eigenvalue weighted by molar-refractivity contribution is -0.166. The van der Waals surface area contributed by atoms with E-state index in [1.165, 1.54) is 0 Å². The number of benzene rings is 2. The van der Waals surface area contributed by atoms with Gasteiger partial charge in [0, 0.05) is 0 Å². The number of carbonyl (C=O) groups is 1. The third-order valence-electron chi connectivity index (χ3n) is 5.22. The third-order valence-corrected chi connectivity index (χ3v) is 5.22. The Morgan fingerprint density at radius 2 is 1.31 bits per heavy atom. The molecule has 0 fully saturated rings. The summed E-state index contributed by atoms with van der Waals surface area (Å²) in [6.07, 6.45) is 1.16. The molecule has 0 N–H and O–H groups in total. The van der Waals surface area contributed by atoms with E-state index in [1.54, 1.807) is 13.8 Å². The van der Waals surface area contributed by atoms with E-state index in [2.05, 4.69) is 0 Å². The van der Waals surface area contributed by atoms with Crippen molar-refractivity contribution in [3.05, 3.63) is 48.5 Å². The smallest absolute Gasteiger partial charge is 0.332 e. The van der Waals surface area contributed by atoms with Crippen molar-refractivity contribution < 1.29 is 38.0 Å². The Bertz CT molecular complexity index is 858. The Morgan fingerprint density at radius 3 is 1.77 bits per heavy atom. The van der Waals surface area contributed by atoms with E-state index in [9.17, 15) is 4.79 Å². The average molecular weight is 489 g/mol. The number of hydrogen-bond donors (Lipinski definition) is 0. The Hall–Kier alpha value is -2.97. The van der Waals surface area contributed by atoms with Crippen LogP contribution >= 0.6 is 0 Å². The van der Waals surface area contributed by atoms with Crippen LogP contribution in [0.1, 0.15) is 33.6 Å². The first kappa shape index (κ1) is 26.6. The normalized spacial score (nSPS) is 16.5. The highest BCUT2D eigenvalue weighted by Gasteiger charge is 2.35. The molecule has 1 aliphatic heterocycles. The number of esters is 1. The number of carbonyl (C=O) groups excluding carboxylic acids is 1. The second kappa shape index (κ2) is 13.8. The lowest BCUT2D eigenvalue weighted by Gasteiger charge is -2.33.